The number of guanidine groups is 1. The van der Waals surface area contributed by atoms with Crippen LogP contribution in [0.4, 0.5) is 11.5 Å². The number of pyridine rings is 1. The number of anilines is 2. The summed E-state index contributed by atoms with van der Waals surface area (Å²) in [6, 6.07) is 9.55. The molecule has 0 amide bonds. The van der Waals surface area contributed by atoms with Gasteiger partial charge in [0, 0.05) is 31.0 Å². The zero-order chi connectivity index (χ0) is 18.4. The molecule has 1 aliphatic heterocycles. The van der Waals surface area contributed by atoms with Crippen molar-refractivity contribution in [3.63, 3.8) is 0 Å². The Balaban J connectivity index is 0.00000261. The van der Waals surface area contributed by atoms with E-state index >= 15 is 0 Å². The fraction of sp³-hybridized carbons (Fsp3) is 0.368. The number of methoxy groups -OCH3 is 2. The number of rotatable bonds is 6. The smallest absolute Gasteiger partial charge is 0.193 e. The van der Waals surface area contributed by atoms with Crippen molar-refractivity contribution in [2.75, 3.05) is 37.5 Å². The zero-order valence-corrected chi connectivity index (χ0v) is 18.0. The number of nitrogens with zero attached hydrogens (tertiary/aromatic N) is 3. The third kappa shape index (κ3) is 5.62. The van der Waals surface area contributed by atoms with Gasteiger partial charge in [-0.25, -0.2) is 9.98 Å². The Bertz CT molecular complexity index is 778. The molecular formula is C19H26IN5O2. The van der Waals surface area contributed by atoms with E-state index in [4.69, 9.17) is 15.2 Å². The van der Waals surface area contributed by atoms with E-state index < -0.39 is 0 Å². The van der Waals surface area contributed by atoms with Crippen LogP contribution < -0.4 is 25.4 Å². The number of aliphatic imine (C=N–C) groups is 1. The Morgan fingerprint density at radius 1 is 1.15 bits per heavy atom. The highest BCUT2D eigenvalue weighted by Crippen LogP contribution is 2.29. The predicted molar refractivity (Wildman–Crippen MR) is 120 cm³/mol. The molecule has 1 saturated heterocycles. The van der Waals surface area contributed by atoms with Crippen LogP contribution in [0.5, 0.6) is 11.5 Å². The first kappa shape index (κ1) is 21.1. The molecule has 1 aromatic heterocycles. The molecule has 2 heterocycles. The molecule has 3 rings (SSSR count). The van der Waals surface area contributed by atoms with Gasteiger partial charge in [0.05, 0.1) is 20.8 Å². The molecule has 146 valence electrons. The Labute approximate surface area is 177 Å². The molecule has 1 aliphatic rings. The minimum atomic E-state index is 0. The van der Waals surface area contributed by atoms with Gasteiger partial charge in [0.15, 0.2) is 17.5 Å². The van der Waals surface area contributed by atoms with Crippen LogP contribution in [0.15, 0.2) is 41.5 Å². The van der Waals surface area contributed by atoms with Gasteiger partial charge in [-0.1, -0.05) is 0 Å². The van der Waals surface area contributed by atoms with E-state index in [9.17, 15) is 0 Å². The first-order valence-electron chi connectivity index (χ1n) is 8.68. The van der Waals surface area contributed by atoms with Crippen LogP contribution in [-0.4, -0.2) is 38.3 Å². The first-order valence-corrected chi connectivity index (χ1v) is 8.68. The number of nitrogens with one attached hydrogen (secondary N) is 1. The summed E-state index contributed by atoms with van der Waals surface area (Å²) >= 11 is 0. The maximum Gasteiger partial charge on any atom is 0.193 e. The van der Waals surface area contributed by atoms with E-state index in [2.05, 4.69) is 26.3 Å². The lowest BCUT2D eigenvalue weighted by molar-refractivity contribution is 0.355. The van der Waals surface area contributed by atoms with Crippen molar-refractivity contribution in [1.82, 2.24) is 4.98 Å². The first-order chi connectivity index (χ1) is 12.7. The van der Waals surface area contributed by atoms with Crippen molar-refractivity contribution in [2.24, 2.45) is 10.7 Å². The molecule has 7 nitrogen and oxygen atoms in total. The lowest BCUT2D eigenvalue weighted by Gasteiger charge is -2.16. The number of hydrogen-bond acceptors (Lipinski definition) is 5. The second-order valence-electron chi connectivity index (χ2n) is 6.11. The second kappa shape index (κ2) is 10.2. The second-order valence-corrected chi connectivity index (χ2v) is 6.11. The molecule has 3 N–H and O–H groups in total. The molecule has 0 aliphatic carbocycles. The largest absolute Gasteiger partial charge is 0.493 e. The lowest BCUT2D eigenvalue weighted by atomic mass is 10.2. The molecule has 27 heavy (non-hydrogen) atoms. The minimum Gasteiger partial charge on any atom is -0.493 e. The van der Waals surface area contributed by atoms with E-state index in [0.717, 1.165) is 30.2 Å². The van der Waals surface area contributed by atoms with Crippen LogP contribution in [0.25, 0.3) is 0 Å². The molecule has 0 spiro atoms. The van der Waals surface area contributed by atoms with Crippen molar-refractivity contribution in [3.8, 4) is 11.5 Å². The molecule has 2 aromatic rings. The summed E-state index contributed by atoms with van der Waals surface area (Å²) in [6.45, 7) is 2.64. The Hall–Kier alpha value is -2.23. The summed E-state index contributed by atoms with van der Waals surface area (Å²) < 4.78 is 10.5. The maximum atomic E-state index is 6.02. The van der Waals surface area contributed by atoms with E-state index in [1.54, 1.807) is 14.2 Å². The summed E-state index contributed by atoms with van der Waals surface area (Å²) in [5, 5.41) is 3.07. The zero-order valence-electron chi connectivity index (χ0n) is 15.6. The molecular weight excluding hydrogens is 457 g/mol. The van der Waals surface area contributed by atoms with Crippen molar-refractivity contribution < 1.29 is 9.47 Å². The SMILES string of the molecule is COc1ccc(NC(N)=NCc2ccnc(N3CCCC3)c2)cc1OC.I. The molecule has 1 fully saturated rings. The van der Waals surface area contributed by atoms with Crippen LogP contribution in [-0.2, 0) is 6.54 Å². The molecule has 0 saturated carbocycles. The van der Waals surface area contributed by atoms with Crippen LogP contribution in [0.3, 0.4) is 0 Å². The molecule has 1 aromatic carbocycles. The predicted octanol–water partition coefficient (Wildman–Crippen LogP) is 3.24. The number of ether oxygens (including phenoxy) is 2. The van der Waals surface area contributed by atoms with Crippen LogP contribution in [0, 0.1) is 0 Å². The van der Waals surface area contributed by atoms with Crippen LogP contribution in [0.1, 0.15) is 18.4 Å². The standard InChI is InChI=1S/C19H25N5O2.HI/c1-25-16-6-5-15(12-17(16)26-2)23-19(20)22-13-14-7-8-21-18(11-14)24-9-3-4-10-24;/h5-8,11-12H,3-4,9-10,13H2,1-2H3,(H3,20,22,23);1H. The number of hydrogen-bond donors (Lipinski definition) is 2. The van der Waals surface area contributed by atoms with Gasteiger partial charge in [-0.15, -0.1) is 24.0 Å². The number of halogens is 1. The summed E-state index contributed by atoms with van der Waals surface area (Å²) in [4.78, 5) is 11.2. The number of benzene rings is 1. The van der Waals surface area contributed by atoms with Gasteiger partial charge in [0.25, 0.3) is 0 Å². The van der Waals surface area contributed by atoms with Gasteiger partial charge in [0.2, 0.25) is 0 Å². The quantitative estimate of drug-likeness (QED) is 0.373. The highest BCUT2D eigenvalue weighted by atomic mass is 127. The highest BCUT2D eigenvalue weighted by Gasteiger charge is 2.13. The monoisotopic (exact) mass is 483 g/mol. The topological polar surface area (TPSA) is 85.0 Å². The molecule has 0 unspecified atom stereocenters. The normalized spacial score (nSPS) is 13.9. The van der Waals surface area contributed by atoms with Gasteiger partial charge in [0.1, 0.15) is 5.82 Å². The van der Waals surface area contributed by atoms with E-state index in [0.29, 0.717) is 24.0 Å². The Morgan fingerprint density at radius 2 is 1.89 bits per heavy atom. The van der Waals surface area contributed by atoms with Crippen LogP contribution in [0.2, 0.25) is 0 Å². The number of aromatic nitrogens is 1. The molecule has 0 radical (unpaired) electrons. The summed E-state index contributed by atoms with van der Waals surface area (Å²) in [5.41, 5.74) is 7.89. The Kier molecular flexibility index (Phi) is 7.96. The number of nitrogens with two attached hydrogens (primary N) is 1. The van der Waals surface area contributed by atoms with E-state index in [-0.39, 0.29) is 24.0 Å². The van der Waals surface area contributed by atoms with Gasteiger partial charge in [-0.05, 0) is 42.7 Å². The lowest BCUT2D eigenvalue weighted by Crippen LogP contribution is -2.22. The van der Waals surface area contributed by atoms with Crippen LogP contribution >= 0.6 is 24.0 Å². The average molecular weight is 483 g/mol. The molecule has 0 bridgehead atoms. The third-order valence-electron chi connectivity index (χ3n) is 4.33. The van der Waals surface area contributed by atoms with Gasteiger partial charge < -0.3 is 25.4 Å². The average Bonchev–Trinajstić information content (AvgIpc) is 3.21. The van der Waals surface area contributed by atoms with Crippen molar-refractivity contribution in [1.29, 1.82) is 0 Å². The Morgan fingerprint density at radius 3 is 2.59 bits per heavy atom. The molecule has 0 atom stereocenters. The minimum absolute atomic E-state index is 0. The van der Waals surface area contributed by atoms with E-state index in [1.807, 2.05) is 30.5 Å². The van der Waals surface area contributed by atoms with E-state index in [1.165, 1.54) is 12.8 Å². The van der Waals surface area contributed by atoms with Crippen molar-refractivity contribution in [2.45, 2.75) is 19.4 Å². The summed E-state index contributed by atoms with van der Waals surface area (Å²) in [5.74, 6) is 2.66. The summed E-state index contributed by atoms with van der Waals surface area (Å²) in [6.07, 6.45) is 4.29. The third-order valence-corrected chi connectivity index (χ3v) is 4.33. The maximum absolute atomic E-state index is 6.02. The molecule has 8 heteroatoms. The fourth-order valence-corrected chi connectivity index (χ4v) is 2.96. The van der Waals surface area contributed by atoms with Crippen molar-refractivity contribution in [3.05, 3.63) is 42.1 Å². The van der Waals surface area contributed by atoms with Gasteiger partial charge in [-0.2, -0.15) is 0 Å². The summed E-state index contributed by atoms with van der Waals surface area (Å²) in [7, 11) is 3.20. The van der Waals surface area contributed by atoms with Gasteiger partial charge >= 0.3 is 0 Å². The van der Waals surface area contributed by atoms with Crippen molar-refractivity contribution >= 4 is 41.4 Å². The highest BCUT2D eigenvalue weighted by molar-refractivity contribution is 14.0. The fourth-order valence-electron chi connectivity index (χ4n) is 2.96. The van der Waals surface area contributed by atoms with Gasteiger partial charge in [-0.3, -0.25) is 0 Å².